The maximum absolute atomic E-state index is 12.3. The summed E-state index contributed by atoms with van der Waals surface area (Å²) in [5.41, 5.74) is -0.871. The molecule has 19 heavy (non-hydrogen) atoms. The molecule has 0 atom stereocenters. The number of thiazole rings is 1. The van der Waals surface area contributed by atoms with Gasteiger partial charge in [0.1, 0.15) is 0 Å². The van der Waals surface area contributed by atoms with E-state index in [1.54, 1.807) is 7.05 Å². The number of amides is 1. The van der Waals surface area contributed by atoms with Crippen LogP contribution in [0.15, 0.2) is 5.38 Å². The summed E-state index contributed by atoms with van der Waals surface area (Å²) >= 11 is 0.951. The maximum atomic E-state index is 12.3. The van der Waals surface area contributed by atoms with Crippen molar-refractivity contribution in [1.82, 2.24) is 15.6 Å². The number of nitrogens with zero attached hydrogens (tertiary/aromatic N) is 1. The maximum Gasteiger partial charge on any atom is 0.434 e. The lowest BCUT2D eigenvalue weighted by Crippen LogP contribution is -2.28. The first-order valence-corrected chi connectivity index (χ1v) is 6.24. The molecule has 0 aliphatic carbocycles. The third kappa shape index (κ3) is 6.74. The molecule has 0 fully saturated rings. The largest absolute Gasteiger partial charge is 0.434 e. The van der Waals surface area contributed by atoms with E-state index in [4.69, 9.17) is 0 Å². The van der Waals surface area contributed by atoms with E-state index in [0.717, 1.165) is 16.7 Å². The molecule has 0 aromatic carbocycles. The SMILES string of the molecule is CNCCC(=O)NCCc1nc(C(F)(F)F)cs1.Cl. The van der Waals surface area contributed by atoms with E-state index in [1.807, 2.05) is 0 Å². The van der Waals surface area contributed by atoms with E-state index in [2.05, 4.69) is 15.6 Å². The van der Waals surface area contributed by atoms with Crippen LogP contribution >= 0.6 is 23.7 Å². The van der Waals surface area contributed by atoms with E-state index >= 15 is 0 Å². The normalized spacial score (nSPS) is 10.9. The second-order valence-electron chi connectivity index (χ2n) is 3.58. The quantitative estimate of drug-likeness (QED) is 0.842. The van der Waals surface area contributed by atoms with Gasteiger partial charge in [-0.2, -0.15) is 13.2 Å². The zero-order valence-electron chi connectivity index (χ0n) is 10.2. The Morgan fingerprint density at radius 1 is 1.42 bits per heavy atom. The highest BCUT2D eigenvalue weighted by Gasteiger charge is 2.33. The Labute approximate surface area is 119 Å². The second kappa shape index (κ2) is 8.34. The van der Waals surface area contributed by atoms with Gasteiger partial charge in [-0.05, 0) is 7.05 Å². The predicted molar refractivity (Wildman–Crippen MR) is 69.6 cm³/mol. The molecule has 0 aliphatic rings. The van der Waals surface area contributed by atoms with Gasteiger partial charge in [0, 0.05) is 31.3 Å². The zero-order chi connectivity index (χ0) is 13.6. The number of alkyl halides is 3. The number of carbonyl (C=O) groups is 1. The van der Waals surface area contributed by atoms with Crippen molar-refractivity contribution in [2.75, 3.05) is 20.1 Å². The third-order valence-corrected chi connectivity index (χ3v) is 3.01. The zero-order valence-corrected chi connectivity index (χ0v) is 11.8. The van der Waals surface area contributed by atoms with Crippen molar-refractivity contribution in [2.45, 2.75) is 19.0 Å². The van der Waals surface area contributed by atoms with Gasteiger partial charge in [0.2, 0.25) is 5.91 Å². The van der Waals surface area contributed by atoms with Crippen LogP contribution in [0.3, 0.4) is 0 Å². The van der Waals surface area contributed by atoms with Crippen molar-refractivity contribution in [3.8, 4) is 0 Å². The van der Waals surface area contributed by atoms with E-state index < -0.39 is 11.9 Å². The molecule has 1 rings (SSSR count). The van der Waals surface area contributed by atoms with Crippen molar-refractivity contribution in [1.29, 1.82) is 0 Å². The Morgan fingerprint density at radius 2 is 2.11 bits per heavy atom. The number of hydrogen-bond acceptors (Lipinski definition) is 4. The van der Waals surface area contributed by atoms with Crippen LogP contribution in [0.1, 0.15) is 17.1 Å². The highest BCUT2D eigenvalue weighted by molar-refractivity contribution is 7.09. The van der Waals surface area contributed by atoms with Gasteiger partial charge in [0.15, 0.2) is 5.69 Å². The predicted octanol–water partition coefficient (Wildman–Crippen LogP) is 1.85. The summed E-state index contributed by atoms with van der Waals surface area (Å²) in [6.45, 7) is 0.870. The van der Waals surface area contributed by atoms with Gasteiger partial charge < -0.3 is 10.6 Å². The lowest BCUT2D eigenvalue weighted by Gasteiger charge is -2.03. The summed E-state index contributed by atoms with van der Waals surface area (Å²) in [6, 6.07) is 0. The molecule has 1 aromatic heterocycles. The second-order valence-corrected chi connectivity index (χ2v) is 4.52. The number of rotatable bonds is 6. The number of nitrogens with one attached hydrogen (secondary N) is 2. The van der Waals surface area contributed by atoms with Crippen LogP contribution in [0.2, 0.25) is 0 Å². The summed E-state index contributed by atoms with van der Waals surface area (Å²) in [4.78, 5) is 14.7. The molecular weight excluding hydrogens is 303 g/mol. The van der Waals surface area contributed by atoms with E-state index in [-0.39, 0.29) is 18.3 Å². The van der Waals surface area contributed by atoms with Crippen LogP contribution in [0.4, 0.5) is 13.2 Å². The molecule has 9 heteroatoms. The molecule has 0 radical (unpaired) electrons. The Bertz CT molecular complexity index is 398. The molecule has 2 N–H and O–H groups in total. The average Bonchev–Trinajstić information content (AvgIpc) is 2.74. The van der Waals surface area contributed by atoms with Crippen molar-refractivity contribution in [3.63, 3.8) is 0 Å². The monoisotopic (exact) mass is 317 g/mol. The molecule has 0 spiro atoms. The van der Waals surface area contributed by atoms with Gasteiger partial charge in [0.25, 0.3) is 0 Å². The van der Waals surface area contributed by atoms with Crippen LogP contribution < -0.4 is 10.6 Å². The number of carbonyl (C=O) groups excluding carboxylic acids is 1. The van der Waals surface area contributed by atoms with Crippen LogP contribution in [-0.2, 0) is 17.4 Å². The first-order chi connectivity index (χ1) is 8.43. The third-order valence-electron chi connectivity index (χ3n) is 2.11. The van der Waals surface area contributed by atoms with Gasteiger partial charge in [0.05, 0.1) is 5.01 Å². The van der Waals surface area contributed by atoms with Gasteiger partial charge in [-0.25, -0.2) is 4.98 Å². The van der Waals surface area contributed by atoms with E-state index in [9.17, 15) is 18.0 Å². The standard InChI is InChI=1S/C10H14F3N3OS.ClH/c1-14-4-2-8(17)15-5-3-9-16-7(6-18-9)10(11,12)13;/h6,14H,2-5H2,1H3,(H,15,17);1H. The number of halogens is 4. The Balaban J connectivity index is 0.00000324. The highest BCUT2D eigenvalue weighted by atomic mass is 35.5. The van der Waals surface area contributed by atoms with Crippen LogP contribution in [0, 0.1) is 0 Å². The Morgan fingerprint density at radius 3 is 2.63 bits per heavy atom. The topological polar surface area (TPSA) is 54.0 Å². The van der Waals surface area contributed by atoms with Crippen LogP contribution in [0.5, 0.6) is 0 Å². The molecule has 0 saturated heterocycles. The fourth-order valence-corrected chi connectivity index (χ4v) is 2.00. The van der Waals surface area contributed by atoms with E-state index in [0.29, 0.717) is 30.9 Å². The fourth-order valence-electron chi connectivity index (χ4n) is 1.19. The van der Waals surface area contributed by atoms with Crippen LogP contribution in [0.25, 0.3) is 0 Å². The minimum Gasteiger partial charge on any atom is -0.356 e. The van der Waals surface area contributed by atoms with Gasteiger partial charge in [-0.3, -0.25) is 4.79 Å². The summed E-state index contributed by atoms with van der Waals surface area (Å²) in [5.74, 6) is -0.128. The van der Waals surface area contributed by atoms with Crippen LogP contribution in [-0.4, -0.2) is 31.0 Å². The van der Waals surface area contributed by atoms with Crippen molar-refractivity contribution in [2.24, 2.45) is 0 Å². The molecule has 1 heterocycles. The summed E-state index contributed by atoms with van der Waals surface area (Å²) in [5, 5.41) is 6.81. The van der Waals surface area contributed by atoms with Gasteiger partial charge in [-0.15, -0.1) is 23.7 Å². The molecule has 0 aliphatic heterocycles. The lowest BCUT2D eigenvalue weighted by molar-refractivity contribution is -0.140. The number of aromatic nitrogens is 1. The lowest BCUT2D eigenvalue weighted by atomic mass is 10.3. The van der Waals surface area contributed by atoms with E-state index in [1.165, 1.54) is 0 Å². The van der Waals surface area contributed by atoms with Gasteiger partial charge in [-0.1, -0.05) is 0 Å². The molecule has 1 aromatic rings. The molecule has 0 saturated carbocycles. The van der Waals surface area contributed by atoms with Crippen molar-refractivity contribution < 1.29 is 18.0 Å². The molecular formula is C10H15ClF3N3OS. The first-order valence-electron chi connectivity index (χ1n) is 5.36. The molecule has 1 amide bonds. The van der Waals surface area contributed by atoms with Gasteiger partial charge >= 0.3 is 6.18 Å². The number of hydrogen-bond donors (Lipinski definition) is 2. The average molecular weight is 318 g/mol. The summed E-state index contributed by atoms with van der Waals surface area (Å²) in [7, 11) is 1.74. The first kappa shape index (κ1) is 18.1. The summed E-state index contributed by atoms with van der Waals surface area (Å²) < 4.78 is 36.8. The smallest absolute Gasteiger partial charge is 0.356 e. The highest BCUT2D eigenvalue weighted by Crippen LogP contribution is 2.29. The minimum atomic E-state index is -4.40. The van der Waals surface area contributed by atoms with Crippen molar-refractivity contribution in [3.05, 3.63) is 16.1 Å². The summed E-state index contributed by atoms with van der Waals surface area (Å²) in [6.07, 6.45) is -3.74. The minimum absolute atomic E-state index is 0. The molecule has 0 bridgehead atoms. The molecule has 110 valence electrons. The Hall–Kier alpha value is -0.860. The van der Waals surface area contributed by atoms with Crippen molar-refractivity contribution >= 4 is 29.7 Å². The molecule has 4 nitrogen and oxygen atoms in total. The Kier molecular flexibility index (Phi) is 7.96. The molecule has 0 unspecified atom stereocenters. The fraction of sp³-hybridized carbons (Fsp3) is 0.600.